The largest absolute Gasteiger partial charge is 0.304 e. The third-order valence-corrected chi connectivity index (χ3v) is 3.46. The van der Waals surface area contributed by atoms with Gasteiger partial charge in [0.1, 0.15) is 0 Å². The lowest BCUT2D eigenvalue weighted by molar-refractivity contribution is -0.137. The molecule has 0 rings (SSSR count). The molecule has 86 valence electrons. The topological polar surface area (TPSA) is 21.8 Å². The van der Waals surface area contributed by atoms with Crippen LogP contribution in [0.2, 0.25) is 0 Å². The Labute approximate surface area is 91.7 Å². The zero-order valence-electron chi connectivity index (χ0n) is 10.8. The molecule has 5 heteroatoms. The summed E-state index contributed by atoms with van der Waals surface area (Å²) in [5.74, 6) is -0.129. The summed E-state index contributed by atoms with van der Waals surface area (Å²) in [5.41, 5.74) is 0. The van der Waals surface area contributed by atoms with Gasteiger partial charge in [-0.15, -0.1) is 0 Å². The highest BCUT2D eigenvalue weighted by atomic mass is 28.2. The predicted molar refractivity (Wildman–Crippen MR) is 66.1 cm³/mol. The van der Waals surface area contributed by atoms with Gasteiger partial charge in [-0.25, -0.2) is 0 Å². The Bertz CT molecular complexity index is 149. The van der Waals surface area contributed by atoms with Gasteiger partial charge in [-0.1, -0.05) is 13.8 Å². The molecule has 0 aromatic rings. The van der Waals surface area contributed by atoms with E-state index in [2.05, 4.69) is 61.7 Å². The van der Waals surface area contributed by atoms with Crippen molar-refractivity contribution in [3.05, 3.63) is 0 Å². The van der Waals surface area contributed by atoms with Crippen molar-refractivity contribution in [1.29, 1.82) is 0 Å². The molecule has 4 nitrogen and oxygen atoms in total. The molecule has 0 bridgehead atoms. The molecule has 0 radical (unpaired) electrons. The zero-order chi connectivity index (χ0) is 11.4. The Hall–Kier alpha value is 0.0569. The summed E-state index contributed by atoms with van der Waals surface area (Å²) in [6.07, 6.45) is 0. The summed E-state index contributed by atoms with van der Waals surface area (Å²) in [6, 6.07) is 0. The van der Waals surface area contributed by atoms with Gasteiger partial charge >= 0.3 is 0 Å². The van der Waals surface area contributed by atoms with Crippen LogP contribution in [-0.4, -0.2) is 72.3 Å². The molecule has 0 saturated heterocycles. The molecule has 0 fully saturated rings. The van der Waals surface area contributed by atoms with Gasteiger partial charge in [-0.3, -0.25) is 14.7 Å². The molecule has 0 saturated carbocycles. The second-order valence-corrected chi connectivity index (χ2v) is 4.35. The van der Waals surface area contributed by atoms with Gasteiger partial charge in [0.15, 0.2) is 5.91 Å². The van der Waals surface area contributed by atoms with E-state index in [-0.39, 0.29) is 5.91 Å². The molecule has 14 heavy (non-hydrogen) atoms. The van der Waals surface area contributed by atoms with Gasteiger partial charge in [0, 0.05) is 0 Å². The molecule has 0 aliphatic carbocycles. The fourth-order valence-corrected chi connectivity index (χ4v) is 3.45. The fourth-order valence-electron chi connectivity index (χ4n) is 2.24. The van der Waals surface area contributed by atoms with Crippen LogP contribution < -0.4 is 4.98 Å². The average molecular weight is 218 g/mol. The van der Waals surface area contributed by atoms with Crippen molar-refractivity contribution in [1.82, 2.24) is 19.7 Å². The van der Waals surface area contributed by atoms with Crippen LogP contribution in [0.25, 0.3) is 0 Å². The van der Waals surface area contributed by atoms with Crippen molar-refractivity contribution in [2.24, 2.45) is 0 Å². The first-order chi connectivity index (χ1) is 6.47. The van der Waals surface area contributed by atoms with E-state index in [9.17, 15) is 0 Å². The Kier molecular flexibility index (Phi) is 5.85. The highest BCUT2D eigenvalue weighted by Crippen LogP contribution is 2.16. The van der Waals surface area contributed by atoms with Crippen molar-refractivity contribution in [2.45, 2.75) is 19.8 Å². The summed E-state index contributed by atoms with van der Waals surface area (Å²) in [4.78, 5) is 10.4. The van der Waals surface area contributed by atoms with E-state index < -0.39 is 0 Å². The highest BCUT2D eigenvalue weighted by Gasteiger charge is 2.37. The maximum atomic E-state index is 3.53. The SMILES string of the molecule is CCN(CC)C(N[SiH3])(N(C)C)N(C)C. The number of nitrogens with zero attached hydrogens (tertiary/aromatic N) is 3. The molecule has 0 aromatic carbocycles. The van der Waals surface area contributed by atoms with Crippen molar-refractivity contribution in [3.63, 3.8) is 0 Å². The van der Waals surface area contributed by atoms with Crippen molar-refractivity contribution < 1.29 is 0 Å². The van der Waals surface area contributed by atoms with E-state index in [4.69, 9.17) is 0 Å². The van der Waals surface area contributed by atoms with Crippen LogP contribution in [0.5, 0.6) is 0 Å². The van der Waals surface area contributed by atoms with Crippen molar-refractivity contribution in [2.75, 3.05) is 41.3 Å². The third kappa shape index (κ3) is 2.35. The summed E-state index contributed by atoms with van der Waals surface area (Å²) in [5, 5.41) is 0. The molecule has 0 heterocycles. The second-order valence-electron chi connectivity index (χ2n) is 3.85. The Morgan fingerprint density at radius 3 is 1.43 bits per heavy atom. The van der Waals surface area contributed by atoms with Crippen LogP contribution in [0.1, 0.15) is 13.8 Å². The van der Waals surface area contributed by atoms with Crippen LogP contribution in [0.4, 0.5) is 0 Å². The van der Waals surface area contributed by atoms with Gasteiger partial charge in [0.2, 0.25) is 0 Å². The minimum atomic E-state index is -0.129. The molecular weight excluding hydrogens is 192 g/mol. The summed E-state index contributed by atoms with van der Waals surface area (Å²) in [6.45, 7) is 6.48. The Balaban J connectivity index is 5.00. The Morgan fingerprint density at radius 2 is 1.36 bits per heavy atom. The molecule has 0 spiro atoms. The van der Waals surface area contributed by atoms with E-state index in [1.54, 1.807) is 0 Å². The lowest BCUT2D eigenvalue weighted by Crippen LogP contribution is -2.73. The molecule has 0 aromatic heterocycles. The molecule has 0 unspecified atom stereocenters. The maximum Gasteiger partial charge on any atom is 0.181 e. The molecule has 1 N–H and O–H groups in total. The van der Waals surface area contributed by atoms with Gasteiger partial charge in [-0.2, -0.15) is 0 Å². The van der Waals surface area contributed by atoms with E-state index in [0.717, 1.165) is 23.5 Å². The minimum Gasteiger partial charge on any atom is -0.304 e. The van der Waals surface area contributed by atoms with E-state index in [1.807, 2.05) is 0 Å². The average Bonchev–Trinajstić information content (AvgIpc) is 2.12. The van der Waals surface area contributed by atoms with Gasteiger partial charge < -0.3 is 4.98 Å². The normalized spacial score (nSPS) is 13.5. The van der Waals surface area contributed by atoms with Crippen LogP contribution in [0, 0.1) is 0 Å². The number of rotatable bonds is 6. The first kappa shape index (κ1) is 14.1. The smallest absolute Gasteiger partial charge is 0.181 e. The first-order valence-corrected chi connectivity index (χ1v) is 6.26. The second kappa shape index (κ2) is 5.82. The van der Waals surface area contributed by atoms with Crippen LogP contribution in [0.15, 0.2) is 0 Å². The number of hydrogen-bond acceptors (Lipinski definition) is 4. The number of nitrogens with one attached hydrogen (secondary N) is 1. The third-order valence-electron chi connectivity index (χ3n) is 2.79. The van der Waals surface area contributed by atoms with Crippen LogP contribution in [0.3, 0.4) is 0 Å². The lowest BCUT2D eigenvalue weighted by Gasteiger charge is -2.51. The minimum absolute atomic E-state index is 0.129. The van der Waals surface area contributed by atoms with Crippen molar-refractivity contribution >= 4 is 10.4 Å². The zero-order valence-corrected chi connectivity index (χ0v) is 12.8. The molecule has 0 aliphatic rings. The predicted octanol–water partition coefficient (Wildman–Crippen LogP) is -1.07. The molecule has 0 aliphatic heterocycles. The van der Waals surface area contributed by atoms with E-state index in [1.165, 1.54) is 0 Å². The van der Waals surface area contributed by atoms with E-state index >= 15 is 0 Å². The van der Waals surface area contributed by atoms with E-state index in [0.29, 0.717) is 0 Å². The quantitative estimate of drug-likeness (QED) is 0.453. The van der Waals surface area contributed by atoms with Gasteiger partial charge in [0.25, 0.3) is 0 Å². The van der Waals surface area contributed by atoms with Crippen molar-refractivity contribution in [3.8, 4) is 0 Å². The van der Waals surface area contributed by atoms with Gasteiger partial charge in [-0.05, 0) is 41.3 Å². The standard InChI is InChI=1S/C9H26N4Si/c1-7-13(8-2)9(10-14,11(3)4)12(5)6/h10H,7-8H2,1-6,14H3. The highest BCUT2D eigenvalue weighted by molar-refractivity contribution is 6.04. The summed E-state index contributed by atoms with van der Waals surface area (Å²) >= 11 is 0. The maximum absolute atomic E-state index is 3.53. The summed E-state index contributed by atoms with van der Waals surface area (Å²) in [7, 11) is 9.43. The van der Waals surface area contributed by atoms with Crippen LogP contribution >= 0.6 is 0 Å². The van der Waals surface area contributed by atoms with Gasteiger partial charge in [0.05, 0.1) is 10.4 Å². The number of hydrogen-bond donors (Lipinski definition) is 1. The Morgan fingerprint density at radius 1 is 1.00 bits per heavy atom. The molecular formula is C9H26N4Si. The van der Waals surface area contributed by atoms with Crippen LogP contribution in [-0.2, 0) is 0 Å². The molecule has 0 atom stereocenters. The molecule has 0 amide bonds. The monoisotopic (exact) mass is 218 g/mol. The summed E-state index contributed by atoms with van der Waals surface area (Å²) < 4.78 is 0. The fraction of sp³-hybridized carbons (Fsp3) is 1.00. The lowest BCUT2D eigenvalue weighted by atomic mass is 10.4. The first-order valence-electron chi connectivity index (χ1n) is 5.26.